The zero-order chi connectivity index (χ0) is 19.7. The molecule has 0 saturated heterocycles. The molecule has 0 aliphatic carbocycles. The van der Waals surface area contributed by atoms with Crippen LogP contribution in [0.15, 0.2) is 0 Å². The van der Waals surface area contributed by atoms with Crippen molar-refractivity contribution in [2.75, 3.05) is 45.3 Å². The molecule has 0 aromatic carbocycles. The topological polar surface area (TPSA) is 76.1 Å². The average molecular weight is 380 g/mol. The van der Waals surface area contributed by atoms with Gasteiger partial charge in [-0.2, -0.15) is 0 Å². The van der Waals surface area contributed by atoms with E-state index in [0.29, 0.717) is 31.5 Å². The lowest BCUT2D eigenvalue weighted by atomic mass is 10.1. The molecule has 25 heavy (non-hydrogen) atoms. The zero-order valence-corrected chi connectivity index (χ0v) is 17.6. The standard InChI is InChI=1S/C11H23NOS.C7H14O4/c1-6-14-11(13)12(7-9(2)3)8-10(4)5;1-2-7(9)11-6-5-10-4-3-8/h9-10H,6-8H2,1-5H3;8H,2-6H2,1H3. The fourth-order valence-corrected chi connectivity index (χ4v) is 2.38. The zero-order valence-electron chi connectivity index (χ0n) is 16.7. The van der Waals surface area contributed by atoms with Gasteiger partial charge in [0.2, 0.25) is 0 Å². The van der Waals surface area contributed by atoms with Gasteiger partial charge in [0.05, 0.1) is 19.8 Å². The van der Waals surface area contributed by atoms with Crippen molar-refractivity contribution in [1.82, 2.24) is 4.90 Å². The Balaban J connectivity index is 0. The van der Waals surface area contributed by atoms with Gasteiger partial charge in [-0.05, 0) is 17.6 Å². The summed E-state index contributed by atoms with van der Waals surface area (Å²) in [6, 6.07) is 0. The first-order chi connectivity index (χ1) is 11.8. The van der Waals surface area contributed by atoms with Gasteiger partial charge in [-0.25, -0.2) is 0 Å². The van der Waals surface area contributed by atoms with Gasteiger partial charge in [0.25, 0.3) is 5.24 Å². The van der Waals surface area contributed by atoms with E-state index in [2.05, 4.69) is 27.7 Å². The molecule has 0 heterocycles. The van der Waals surface area contributed by atoms with E-state index in [1.165, 1.54) is 11.8 Å². The van der Waals surface area contributed by atoms with E-state index in [4.69, 9.17) is 14.6 Å². The minimum atomic E-state index is -0.224. The summed E-state index contributed by atoms with van der Waals surface area (Å²) in [5.41, 5.74) is 0. The van der Waals surface area contributed by atoms with Gasteiger partial charge in [-0.15, -0.1) is 0 Å². The molecule has 1 amide bonds. The van der Waals surface area contributed by atoms with Gasteiger partial charge in [-0.1, -0.05) is 53.3 Å². The molecule has 0 aromatic rings. The van der Waals surface area contributed by atoms with Crippen molar-refractivity contribution < 1.29 is 24.2 Å². The fourth-order valence-electron chi connectivity index (χ4n) is 1.80. The number of ether oxygens (including phenoxy) is 2. The smallest absolute Gasteiger partial charge is 0.305 e. The van der Waals surface area contributed by atoms with E-state index in [0.717, 1.165) is 18.8 Å². The normalized spacial score (nSPS) is 10.4. The number of hydrogen-bond donors (Lipinski definition) is 1. The molecule has 0 fully saturated rings. The monoisotopic (exact) mass is 379 g/mol. The third kappa shape index (κ3) is 19.4. The van der Waals surface area contributed by atoms with Crippen LogP contribution in [0.2, 0.25) is 0 Å². The van der Waals surface area contributed by atoms with Crippen LogP contribution in [0.5, 0.6) is 0 Å². The summed E-state index contributed by atoms with van der Waals surface area (Å²) in [7, 11) is 0. The van der Waals surface area contributed by atoms with Crippen molar-refractivity contribution in [2.45, 2.75) is 48.0 Å². The number of carbonyl (C=O) groups is 2. The molecule has 1 N–H and O–H groups in total. The van der Waals surface area contributed by atoms with Crippen molar-refractivity contribution in [3.8, 4) is 0 Å². The summed E-state index contributed by atoms with van der Waals surface area (Å²) in [5, 5.41) is 8.52. The molecule has 0 aliphatic heterocycles. The average Bonchev–Trinajstić information content (AvgIpc) is 2.53. The van der Waals surface area contributed by atoms with Crippen LogP contribution < -0.4 is 0 Å². The summed E-state index contributed by atoms with van der Waals surface area (Å²) >= 11 is 1.41. The van der Waals surface area contributed by atoms with E-state index in [-0.39, 0.29) is 24.4 Å². The van der Waals surface area contributed by atoms with Crippen LogP contribution in [-0.4, -0.2) is 66.5 Å². The van der Waals surface area contributed by atoms with E-state index in [9.17, 15) is 9.59 Å². The second kappa shape index (κ2) is 18.0. The Morgan fingerprint density at radius 3 is 1.96 bits per heavy atom. The highest BCUT2D eigenvalue weighted by Crippen LogP contribution is 2.12. The number of thioether (sulfide) groups is 1. The number of hydrogen-bond acceptors (Lipinski definition) is 6. The van der Waals surface area contributed by atoms with Gasteiger partial charge < -0.3 is 19.5 Å². The Morgan fingerprint density at radius 1 is 1.00 bits per heavy atom. The number of nitrogens with zero attached hydrogens (tertiary/aromatic N) is 1. The maximum atomic E-state index is 11.7. The van der Waals surface area contributed by atoms with Gasteiger partial charge in [0, 0.05) is 19.5 Å². The number of carbonyl (C=O) groups excluding carboxylic acids is 2. The Hall–Kier alpha value is -0.790. The van der Waals surface area contributed by atoms with Crippen LogP contribution in [-0.2, 0) is 14.3 Å². The number of rotatable bonds is 11. The lowest BCUT2D eigenvalue weighted by Gasteiger charge is -2.25. The summed E-state index contributed by atoms with van der Waals surface area (Å²) in [6.45, 7) is 15.0. The molecule has 150 valence electrons. The Bertz CT molecular complexity index is 327. The van der Waals surface area contributed by atoms with Gasteiger partial charge >= 0.3 is 5.97 Å². The Kier molecular flexibility index (Phi) is 19.1. The minimum absolute atomic E-state index is 0.00171. The third-order valence-corrected chi connectivity index (χ3v) is 3.51. The maximum Gasteiger partial charge on any atom is 0.305 e. The molecule has 0 unspecified atom stereocenters. The van der Waals surface area contributed by atoms with Crippen LogP contribution in [0.1, 0.15) is 48.0 Å². The van der Waals surface area contributed by atoms with Crippen LogP contribution in [0, 0.1) is 11.8 Å². The number of aliphatic hydroxyl groups is 1. The number of esters is 1. The van der Waals surface area contributed by atoms with Gasteiger partial charge in [-0.3, -0.25) is 9.59 Å². The van der Waals surface area contributed by atoms with E-state index >= 15 is 0 Å². The third-order valence-electron chi connectivity index (χ3n) is 2.71. The lowest BCUT2D eigenvalue weighted by molar-refractivity contribution is -0.144. The molecule has 0 rings (SSSR count). The van der Waals surface area contributed by atoms with Crippen LogP contribution in [0.25, 0.3) is 0 Å². The molecule has 0 aromatic heterocycles. The fraction of sp³-hybridized carbons (Fsp3) is 0.889. The second-order valence-corrected chi connectivity index (χ2v) is 7.52. The number of aliphatic hydroxyl groups excluding tert-OH is 1. The highest BCUT2D eigenvalue weighted by atomic mass is 32.2. The molecule has 0 radical (unpaired) electrons. The van der Waals surface area contributed by atoms with Gasteiger partial charge in [0.15, 0.2) is 0 Å². The van der Waals surface area contributed by atoms with Crippen molar-refractivity contribution in [3.63, 3.8) is 0 Å². The molecule has 0 aliphatic rings. The molecule has 7 heteroatoms. The van der Waals surface area contributed by atoms with Crippen LogP contribution in [0.3, 0.4) is 0 Å². The molecule has 0 spiro atoms. The highest BCUT2D eigenvalue weighted by Gasteiger charge is 2.15. The van der Waals surface area contributed by atoms with Crippen molar-refractivity contribution in [1.29, 1.82) is 0 Å². The summed E-state index contributed by atoms with van der Waals surface area (Å²) in [6.07, 6.45) is 0.389. The van der Waals surface area contributed by atoms with Crippen molar-refractivity contribution in [2.24, 2.45) is 11.8 Å². The van der Waals surface area contributed by atoms with Crippen LogP contribution in [0.4, 0.5) is 4.79 Å². The number of amides is 1. The quantitative estimate of drug-likeness (QED) is 0.438. The lowest BCUT2D eigenvalue weighted by Crippen LogP contribution is -2.34. The Labute approximate surface area is 157 Å². The van der Waals surface area contributed by atoms with Gasteiger partial charge in [0.1, 0.15) is 6.61 Å². The predicted molar refractivity (Wildman–Crippen MR) is 104 cm³/mol. The summed E-state index contributed by atoms with van der Waals surface area (Å²) < 4.78 is 9.54. The van der Waals surface area contributed by atoms with E-state index in [1.807, 2.05) is 11.8 Å². The molecule has 0 atom stereocenters. The largest absolute Gasteiger partial charge is 0.463 e. The first kappa shape index (κ1) is 26.4. The molecule has 0 saturated carbocycles. The molecular formula is C18H37NO5S. The van der Waals surface area contributed by atoms with E-state index < -0.39 is 0 Å². The second-order valence-electron chi connectivity index (χ2n) is 6.30. The minimum Gasteiger partial charge on any atom is -0.463 e. The summed E-state index contributed by atoms with van der Waals surface area (Å²) in [4.78, 5) is 24.2. The Morgan fingerprint density at radius 2 is 1.56 bits per heavy atom. The first-order valence-corrected chi connectivity index (χ1v) is 10.0. The molecule has 0 bridgehead atoms. The van der Waals surface area contributed by atoms with Crippen molar-refractivity contribution >= 4 is 23.0 Å². The van der Waals surface area contributed by atoms with Crippen molar-refractivity contribution in [3.05, 3.63) is 0 Å². The van der Waals surface area contributed by atoms with Crippen LogP contribution >= 0.6 is 11.8 Å². The predicted octanol–water partition coefficient (Wildman–Crippen LogP) is 3.42. The SMILES string of the molecule is CCC(=O)OCCOCCO.CCSC(=O)N(CC(C)C)CC(C)C. The summed E-state index contributed by atoms with van der Waals surface area (Å²) in [5.74, 6) is 1.74. The highest BCUT2D eigenvalue weighted by molar-refractivity contribution is 8.13. The molecule has 6 nitrogen and oxygen atoms in total. The maximum absolute atomic E-state index is 11.7. The molecular weight excluding hydrogens is 342 g/mol. The van der Waals surface area contributed by atoms with E-state index in [1.54, 1.807) is 6.92 Å². The first-order valence-electron chi connectivity index (χ1n) is 9.04.